The zero-order valence-electron chi connectivity index (χ0n) is 14.7. The number of halogens is 1. The van der Waals surface area contributed by atoms with Gasteiger partial charge in [-0.3, -0.25) is 9.10 Å². The molecule has 1 heterocycles. The van der Waals surface area contributed by atoms with E-state index in [1.165, 1.54) is 23.6 Å². The lowest BCUT2D eigenvalue weighted by Gasteiger charge is -2.25. The van der Waals surface area contributed by atoms with Crippen LogP contribution in [0.15, 0.2) is 18.2 Å². The highest BCUT2D eigenvalue weighted by atomic mass is 35.5. The predicted molar refractivity (Wildman–Crippen MR) is 100 cm³/mol. The molecule has 4 atom stereocenters. The molecule has 1 amide bonds. The number of rotatable bonds is 3. The van der Waals surface area contributed by atoms with E-state index in [1.807, 2.05) is 0 Å². The standard InChI is InChI=1S/C18H23ClN2O4S/c1-26(23,24)21-7-6-17(25-16-5-4-13(19)10-15(16)21)18(22)20-14-9-11-2-3-12(14)8-11/h4-5,10-12,14,17H,2-3,6-9H2,1H3,(H,20,22)/t11-,12-,14-,17+/m0/s1. The number of anilines is 1. The maximum absolute atomic E-state index is 12.8. The molecule has 3 aliphatic rings. The zero-order valence-corrected chi connectivity index (χ0v) is 16.2. The van der Waals surface area contributed by atoms with E-state index in [0.29, 0.717) is 28.8 Å². The van der Waals surface area contributed by atoms with Crippen LogP contribution in [0.25, 0.3) is 0 Å². The van der Waals surface area contributed by atoms with Crippen molar-refractivity contribution < 1.29 is 17.9 Å². The fraction of sp³-hybridized carbons (Fsp3) is 0.611. The number of nitrogens with one attached hydrogen (secondary N) is 1. The Morgan fingerprint density at radius 1 is 1.27 bits per heavy atom. The van der Waals surface area contributed by atoms with Gasteiger partial charge in [-0.15, -0.1) is 0 Å². The third kappa shape index (κ3) is 3.39. The number of benzene rings is 1. The number of carbonyl (C=O) groups is 1. The Morgan fingerprint density at radius 2 is 2.08 bits per heavy atom. The molecular formula is C18H23ClN2O4S. The number of hydrogen-bond acceptors (Lipinski definition) is 4. The topological polar surface area (TPSA) is 75.7 Å². The van der Waals surface area contributed by atoms with Gasteiger partial charge in [0.2, 0.25) is 10.0 Å². The average molecular weight is 399 g/mol. The quantitative estimate of drug-likeness (QED) is 0.849. The summed E-state index contributed by atoms with van der Waals surface area (Å²) in [6, 6.07) is 5.05. The van der Waals surface area contributed by atoms with Gasteiger partial charge in [-0.05, 0) is 49.3 Å². The smallest absolute Gasteiger partial charge is 0.261 e. The summed E-state index contributed by atoms with van der Waals surface area (Å²) in [5.41, 5.74) is 0.384. The Bertz CT molecular complexity index is 828. The number of hydrogen-bond donors (Lipinski definition) is 1. The summed E-state index contributed by atoms with van der Waals surface area (Å²) >= 11 is 6.04. The van der Waals surface area contributed by atoms with Crippen LogP contribution in [0.1, 0.15) is 32.1 Å². The van der Waals surface area contributed by atoms with E-state index in [9.17, 15) is 13.2 Å². The van der Waals surface area contributed by atoms with E-state index < -0.39 is 16.1 Å². The molecule has 2 fully saturated rings. The molecule has 2 aliphatic carbocycles. The third-order valence-corrected chi connectivity index (χ3v) is 7.23. The molecule has 6 nitrogen and oxygen atoms in total. The molecule has 0 spiro atoms. The van der Waals surface area contributed by atoms with Crippen LogP contribution in [0.3, 0.4) is 0 Å². The van der Waals surface area contributed by atoms with E-state index in [-0.39, 0.29) is 18.5 Å². The van der Waals surface area contributed by atoms with Gasteiger partial charge in [-0.2, -0.15) is 0 Å². The summed E-state index contributed by atoms with van der Waals surface area (Å²) < 4.78 is 31.5. The first-order chi connectivity index (χ1) is 12.3. The predicted octanol–water partition coefficient (Wildman–Crippen LogP) is 2.56. The number of carbonyl (C=O) groups excluding carboxylic acids is 1. The monoisotopic (exact) mass is 398 g/mol. The first-order valence-corrected chi connectivity index (χ1v) is 11.3. The van der Waals surface area contributed by atoms with E-state index in [2.05, 4.69) is 5.32 Å². The molecule has 4 rings (SSSR count). The SMILES string of the molecule is CS(=O)(=O)N1CC[C@H](C(=O)N[C@H]2C[C@H]3CC[C@H]2C3)Oc2ccc(Cl)cc21. The van der Waals surface area contributed by atoms with Crippen molar-refractivity contribution in [1.29, 1.82) is 0 Å². The maximum atomic E-state index is 12.8. The van der Waals surface area contributed by atoms with Crippen LogP contribution in [0, 0.1) is 11.8 Å². The molecule has 142 valence electrons. The molecule has 2 bridgehead atoms. The normalized spacial score (nSPS) is 30.5. The van der Waals surface area contributed by atoms with Gasteiger partial charge in [0, 0.05) is 24.0 Å². The number of sulfonamides is 1. The lowest BCUT2D eigenvalue weighted by atomic mass is 9.95. The molecule has 0 aromatic heterocycles. The van der Waals surface area contributed by atoms with Gasteiger partial charge in [-0.1, -0.05) is 18.0 Å². The summed E-state index contributed by atoms with van der Waals surface area (Å²) in [6.45, 7) is 0.182. The number of amides is 1. The van der Waals surface area contributed by atoms with Crippen molar-refractivity contribution in [3.63, 3.8) is 0 Å². The second kappa shape index (κ2) is 6.60. The van der Waals surface area contributed by atoms with Crippen LogP contribution < -0.4 is 14.4 Å². The average Bonchev–Trinajstić information content (AvgIpc) is 3.11. The fourth-order valence-electron chi connectivity index (χ4n) is 4.58. The zero-order chi connectivity index (χ0) is 18.5. The van der Waals surface area contributed by atoms with Gasteiger partial charge in [0.25, 0.3) is 5.91 Å². The molecule has 0 saturated heterocycles. The highest BCUT2D eigenvalue weighted by Gasteiger charge is 2.41. The molecular weight excluding hydrogens is 376 g/mol. The Morgan fingerprint density at radius 3 is 2.73 bits per heavy atom. The van der Waals surface area contributed by atoms with E-state index >= 15 is 0 Å². The third-order valence-electron chi connectivity index (χ3n) is 5.81. The molecule has 1 N–H and O–H groups in total. The first-order valence-electron chi connectivity index (χ1n) is 9.05. The lowest BCUT2D eigenvalue weighted by molar-refractivity contribution is -0.129. The molecule has 1 aliphatic heterocycles. The maximum Gasteiger partial charge on any atom is 0.261 e. The summed E-state index contributed by atoms with van der Waals surface area (Å²) in [5, 5.41) is 3.57. The van der Waals surface area contributed by atoms with Gasteiger partial charge < -0.3 is 10.1 Å². The highest BCUT2D eigenvalue weighted by Crippen LogP contribution is 2.44. The van der Waals surface area contributed by atoms with E-state index in [4.69, 9.17) is 16.3 Å². The van der Waals surface area contributed by atoms with Crippen LogP contribution in [0.2, 0.25) is 5.02 Å². The minimum absolute atomic E-state index is 0.154. The largest absolute Gasteiger partial charge is 0.478 e. The van der Waals surface area contributed by atoms with Crippen molar-refractivity contribution in [3.8, 4) is 5.75 Å². The second-order valence-electron chi connectivity index (χ2n) is 7.63. The molecule has 26 heavy (non-hydrogen) atoms. The molecule has 1 aromatic carbocycles. The van der Waals surface area contributed by atoms with Gasteiger partial charge in [-0.25, -0.2) is 8.42 Å². The minimum atomic E-state index is -3.49. The number of nitrogens with zero attached hydrogens (tertiary/aromatic N) is 1. The van der Waals surface area contributed by atoms with Gasteiger partial charge in [0.15, 0.2) is 6.10 Å². The summed E-state index contributed by atoms with van der Waals surface area (Å²) in [5.74, 6) is 1.53. The highest BCUT2D eigenvalue weighted by molar-refractivity contribution is 7.92. The van der Waals surface area contributed by atoms with Crippen molar-refractivity contribution in [2.45, 2.75) is 44.2 Å². The van der Waals surface area contributed by atoms with Crippen LogP contribution in [-0.4, -0.2) is 39.3 Å². The van der Waals surface area contributed by atoms with Crippen LogP contribution in [0.4, 0.5) is 5.69 Å². The van der Waals surface area contributed by atoms with Crippen molar-refractivity contribution in [2.75, 3.05) is 17.1 Å². The van der Waals surface area contributed by atoms with Crippen LogP contribution in [0.5, 0.6) is 5.75 Å². The van der Waals surface area contributed by atoms with Crippen molar-refractivity contribution in [2.24, 2.45) is 11.8 Å². The number of ether oxygens (including phenoxy) is 1. The summed E-state index contributed by atoms with van der Waals surface area (Å²) in [6.07, 6.45) is 5.45. The minimum Gasteiger partial charge on any atom is -0.478 e. The Kier molecular flexibility index (Phi) is 4.55. The number of fused-ring (bicyclic) bond motifs is 3. The Balaban J connectivity index is 1.54. The molecule has 0 unspecified atom stereocenters. The second-order valence-corrected chi connectivity index (χ2v) is 9.98. The van der Waals surface area contributed by atoms with E-state index in [0.717, 1.165) is 18.6 Å². The van der Waals surface area contributed by atoms with Gasteiger partial charge >= 0.3 is 0 Å². The molecule has 8 heteroatoms. The van der Waals surface area contributed by atoms with Crippen LogP contribution >= 0.6 is 11.6 Å². The summed E-state index contributed by atoms with van der Waals surface area (Å²) in [4.78, 5) is 12.8. The van der Waals surface area contributed by atoms with Crippen molar-refractivity contribution in [3.05, 3.63) is 23.2 Å². The molecule has 0 radical (unpaired) electrons. The van der Waals surface area contributed by atoms with Gasteiger partial charge in [0.1, 0.15) is 5.75 Å². The van der Waals surface area contributed by atoms with Crippen molar-refractivity contribution in [1.82, 2.24) is 5.32 Å². The molecule has 2 saturated carbocycles. The molecule has 1 aromatic rings. The Hall–Kier alpha value is -1.47. The van der Waals surface area contributed by atoms with Crippen molar-refractivity contribution >= 4 is 33.2 Å². The van der Waals surface area contributed by atoms with Gasteiger partial charge in [0.05, 0.1) is 11.9 Å². The lowest BCUT2D eigenvalue weighted by Crippen LogP contribution is -2.46. The summed E-state index contributed by atoms with van der Waals surface area (Å²) in [7, 11) is -3.49. The van der Waals surface area contributed by atoms with Crippen LogP contribution in [-0.2, 0) is 14.8 Å². The van der Waals surface area contributed by atoms with E-state index in [1.54, 1.807) is 18.2 Å². The fourth-order valence-corrected chi connectivity index (χ4v) is 5.68. The Labute approximate surface area is 158 Å². The first kappa shape index (κ1) is 17.9.